The summed E-state index contributed by atoms with van der Waals surface area (Å²) in [6.45, 7) is 1.62. The minimum absolute atomic E-state index is 0.0335. The molecular weight excluding hydrogens is 272 g/mol. The molecule has 4 unspecified atom stereocenters. The minimum Gasteiger partial charge on any atom is -0.481 e. The fourth-order valence-corrected chi connectivity index (χ4v) is 4.27. The number of carbonyl (C=O) groups excluding carboxylic acids is 1. The van der Waals surface area contributed by atoms with Crippen molar-refractivity contribution in [3.63, 3.8) is 0 Å². The van der Waals surface area contributed by atoms with Gasteiger partial charge >= 0.3 is 5.97 Å². The third-order valence-electron chi connectivity index (χ3n) is 5.29. The number of hydrogen-bond acceptors (Lipinski definition) is 4. The number of ether oxygens (including phenoxy) is 1. The third kappa shape index (κ3) is 3.21. The van der Waals surface area contributed by atoms with E-state index in [2.05, 4.69) is 10.6 Å². The van der Waals surface area contributed by atoms with Gasteiger partial charge in [-0.15, -0.1) is 0 Å². The van der Waals surface area contributed by atoms with Crippen LogP contribution in [0.1, 0.15) is 32.1 Å². The van der Waals surface area contributed by atoms with Crippen molar-refractivity contribution in [2.45, 2.75) is 44.2 Å². The van der Waals surface area contributed by atoms with Gasteiger partial charge in [-0.05, 0) is 43.9 Å². The van der Waals surface area contributed by atoms with Crippen LogP contribution in [-0.4, -0.2) is 48.8 Å². The first-order valence-corrected chi connectivity index (χ1v) is 7.98. The lowest BCUT2D eigenvalue weighted by Gasteiger charge is -2.29. The smallest absolute Gasteiger partial charge is 0.308 e. The second-order valence-electron chi connectivity index (χ2n) is 6.56. The first-order valence-electron chi connectivity index (χ1n) is 7.98. The van der Waals surface area contributed by atoms with Crippen LogP contribution in [0.25, 0.3) is 0 Å². The maximum atomic E-state index is 12.0. The zero-order valence-corrected chi connectivity index (χ0v) is 12.2. The minimum atomic E-state index is -0.718. The summed E-state index contributed by atoms with van der Waals surface area (Å²) in [5.74, 6) is -0.353. The normalized spacial score (nSPS) is 35.8. The van der Waals surface area contributed by atoms with Crippen molar-refractivity contribution in [1.29, 1.82) is 0 Å². The van der Waals surface area contributed by atoms with Crippen molar-refractivity contribution in [2.24, 2.45) is 17.8 Å². The van der Waals surface area contributed by atoms with E-state index < -0.39 is 5.97 Å². The molecule has 3 fully saturated rings. The molecule has 2 bridgehead atoms. The van der Waals surface area contributed by atoms with Gasteiger partial charge in [-0.1, -0.05) is 0 Å². The number of amides is 1. The second-order valence-corrected chi connectivity index (χ2v) is 6.56. The standard InChI is InChI=1S/C15H24N2O4/c18-12(17-11-3-5-21-6-4-11)8-16-14-10-2-1-9(7-10)13(14)15(19)20/h9-11,13-14,16H,1-8H2,(H,17,18)(H,19,20). The number of carbonyl (C=O) groups is 2. The molecule has 1 saturated heterocycles. The lowest BCUT2D eigenvalue weighted by molar-refractivity contribution is -0.144. The molecule has 0 aromatic heterocycles. The molecule has 2 aliphatic carbocycles. The number of fused-ring (bicyclic) bond motifs is 2. The van der Waals surface area contributed by atoms with E-state index in [1.165, 1.54) is 0 Å². The van der Waals surface area contributed by atoms with Crippen molar-refractivity contribution in [3.8, 4) is 0 Å². The van der Waals surface area contributed by atoms with E-state index in [4.69, 9.17) is 4.74 Å². The zero-order valence-electron chi connectivity index (χ0n) is 12.2. The van der Waals surface area contributed by atoms with Gasteiger partial charge in [0.1, 0.15) is 0 Å². The van der Waals surface area contributed by atoms with Crippen LogP contribution in [0.4, 0.5) is 0 Å². The largest absolute Gasteiger partial charge is 0.481 e. The van der Waals surface area contributed by atoms with Gasteiger partial charge in [0.15, 0.2) is 0 Å². The van der Waals surface area contributed by atoms with Crippen LogP contribution in [0.3, 0.4) is 0 Å². The van der Waals surface area contributed by atoms with E-state index in [1.54, 1.807) is 0 Å². The Morgan fingerprint density at radius 1 is 1.10 bits per heavy atom. The topological polar surface area (TPSA) is 87.7 Å². The second kappa shape index (κ2) is 6.32. The highest BCUT2D eigenvalue weighted by Crippen LogP contribution is 2.48. The Morgan fingerprint density at radius 2 is 1.81 bits per heavy atom. The molecule has 0 radical (unpaired) electrons. The van der Waals surface area contributed by atoms with E-state index in [0.29, 0.717) is 25.0 Å². The van der Waals surface area contributed by atoms with Crippen LogP contribution >= 0.6 is 0 Å². The Morgan fingerprint density at radius 3 is 2.52 bits per heavy atom. The molecule has 2 saturated carbocycles. The SMILES string of the molecule is O=C(CNC1C2CCC(C2)C1C(=O)O)NC1CCOCC1. The van der Waals surface area contributed by atoms with Gasteiger partial charge in [-0.3, -0.25) is 9.59 Å². The first-order chi connectivity index (χ1) is 10.1. The van der Waals surface area contributed by atoms with Crippen molar-refractivity contribution >= 4 is 11.9 Å². The van der Waals surface area contributed by atoms with E-state index in [0.717, 1.165) is 32.1 Å². The summed E-state index contributed by atoms with van der Waals surface area (Å²) in [6, 6.07) is 0.157. The van der Waals surface area contributed by atoms with Gasteiger partial charge in [-0.2, -0.15) is 0 Å². The highest BCUT2D eigenvalue weighted by atomic mass is 16.5. The van der Waals surface area contributed by atoms with Crippen LogP contribution in [-0.2, 0) is 14.3 Å². The Kier molecular flexibility index (Phi) is 4.45. The molecule has 3 aliphatic rings. The van der Waals surface area contributed by atoms with E-state index in [9.17, 15) is 14.7 Å². The lowest BCUT2D eigenvalue weighted by atomic mass is 9.84. The van der Waals surface area contributed by atoms with E-state index in [-0.39, 0.29) is 30.5 Å². The molecule has 1 heterocycles. The van der Waals surface area contributed by atoms with E-state index in [1.807, 2.05) is 0 Å². The lowest BCUT2D eigenvalue weighted by Crippen LogP contribution is -2.49. The third-order valence-corrected chi connectivity index (χ3v) is 5.29. The molecule has 6 nitrogen and oxygen atoms in total. The summed E-state index contributed by atoms with van der Waals surface area (Å²) in [4.78, 5) is 23.4. The van der Waals surface area contributed by atoms with Crippen LogP contribution in [0.2, 0.25) is 0 Å². The van der Waals surface area contributed by atoms with Crippen LogP contribution in [0.5, 0.6) is 0 Å². The highest BCUT2D eigenvalue weighted by molar-refractivity contribution is 5.78. The summed E-state index contributed by atoms with van der Waals surface area (Å²) in [5.41, 5.74) is 0. The number of hydrogen-bond donors (Lipinski definition) is 3. The van der Waals surface area contributed by atoms with Gasteiger partial charge in [0, 0.05) is 25.3 Å². The predicted molar refractivity (Wildman–Crippen MR) is 75.7 cm³/mol. The number of nitrogens with one attached hydrogen (secondary N) is 2. The molecule has 0 aromatic carbocycles. The summed E-state index contributed by atoms with van der Waals surface area (Å²) in [6.07, 6.45) is 4.83. The Hall–Kier alpha value is -1.14. The molecular formula is C15H24N2O4. The molecule has 1 amide bonds. The molecule has 4 atom stereocenters. The summed E-state index contributed by atoms with van der Waals surface area (Å²) in [7, 11) is 0. The Balaban J connectivity index is 1.47. The molecule has 3 N–H and O–H groups in total. The number of carboxylic acids is 1. The molecule has 0 spiro atoms. The molecule has 1 aliphatic heterocycles. The number of aliphatic carboxylic acids is 1. The van der Waals surface area contributed by atoms with Gasteiger partial charge < -0.3 is 20.5 Å². The average molecular weight is 296 g/mol. The molecule has 118 valence electrons. The van der Waals surface area contributed by atoms with Gasteiger partial charge in [0.2, 0.25) is 5.91 Å². The molecule has 3 rings (SSSR count). The summed E-state index contributed by atoms with van der Waals surface area (Å²) in [5, 5.41) is 15.6. The van der Waals surface area contributed by atoms with Crippen molar-refractivity contribution in [3.05, 3.63) is 0 Å². The summed E-state index contributed by atoms with van der Waals surface area (Å²) < 4.78 is 5.26. The number of rotatable bonds is 5. The molecule has 21 heavy (non-hydrogen) atoms. The monoisotopic (exact) mass is 296 g/mol. The highest BCUT2D eigenvalue weighted by Gasteiger charge is 2.50. The maximum absolute atomic E-state index is 12.0. The Labute approximate surface area is 124 Å². The van der Waals surface area contributed by atoms with Crippen LogP contribution in [0, 0.1) is 17.8 Å². The van der Waals surface area contributed by atoms with Crippen LogP contribution in [0.15, 0.2) is 0 Å². The quantitative estimate of drug-likeness (QED) is 0.682. The maximum Gasteiger partial charge on any atom is 0.308 e. The summed E-state index contributed by atoms with van der Waals surface area (Å²) >= 11 is 0. The first kappa shape index (κ1) is 14.8. The fraction of sp³-hybridized carbons (Fsp3) is 0.867. The van der Waals surface area contributed by atoms with Gasteiger partial charge in [0.25, 0.3) is 0 Å². The average Bonchev–Trinajstić information content (AvgIpc) is 3.06. The molecule has 6 heteroatoms. The Bertz CT molecular complexity index is 408. The van der Waals surface area contributed by atoms with Crippen molar-refractivity contribution < 1.29 is 19.4 Å². The fourth-order valence-electron chi connectivity index (χ4n) is 4.27. The predicted octanol–water partition coefficient (Wildman–Crippen LogP) is 0.371. The number of carboxylic acid groups (broad SMARTS) is 1. The molecule has 0 aromatic rings. The van der Waals surface area contributed by atoms with E-state index >= 15 is 0 Å². The van der Waals surface area contributed by atoms with Crippen molar-refractivity contribution in [1.82, 2.24) is 10.6 Å². The van der Waals surface area contributed by atoms with Gasteiger partial charge in [0.05, 0.1) is 12.5 Å². The zero-order chi connectivity index (χ0) is 14.8. The van der Waals surface area contributed by atoms with Gasteiger partial charge in [-0.25, -0.2) is 0 Å². The van der Waals surface area contributed by atoms with Crippen molar-refractivity contribution in [2.75, 3.05) is 19.8 Å². The van der Waals surface area contributed by atoms with Crippen LogP contribution < -0.4 is 10.6 Å².